The van der Waals surface area contributed by atoms with Crippen LogP contribution < -0.4 is 10.5 Å². The number of rotatable bonds is 3. The van der Waals surface area contributed by atoms with E-state index in [2.05, 4.69) is 0 Å². The molecule has 0 unspecified atom stereocenters. The third kappa shape index (κ3) is 4.37. The molecular formula is C15H21N3O3. The summed E-state index contributed by atoms with van der Waals surface area (Å²) in [7, 11) is 0. The van der Waals surface area contributed by atoms with E-state index in [9.17, 15) is 9.59 Å². The molecule has 0 aromatic heterocycles. The second-order valence-corrected chi connectivity index (χ2v) is 5.10. The van der Waals surface area contributed by atoms with Crippen LogP contribution in [0.1, 0.15) is 13.3 Å². The van der Waals surface area contributed by atoms with E-state index in [1.54, 1.807) is 41.0 Å². The molecule has 0 bridgehead atoms. The highest BCUT2D eigenvalue weighted by Crippen LogP contribution is 2.14. The van der Waals surface area contributed by atoms with E-state index in [1.165, 1.54) is 0 Å². The van der Waals surface area contributed by atoms with Gasteiger partial charge >= 0.3 is 0 Å². The van der Waals surface area contributed by atoms with Crippen LogP contribution >= 0.6 is 0 Å². The van der Waals surface area contributed by atoms with Crippen molar-refractivity contribution >= 4 is 17.5 Å². The Morgan fingerprint density at radius 2 is 1.90 bits per heavy atom. The monoisotopic (exact) mass is 291 g/mol. The number of nitrogen functional groups attached to an aromatic ring is 1. The SMILES string of the molecule is CC(=O)N1CCCN(C(=O)COc2cccc(N)c2)CC1. The third-order valence-electron chi connectivity index (χ3n) is 3.51. The first-order chi connectivity index (χ1) is 10.1. The number of hydrogen-bond acceptors (Lipinski definition) is 4. The number of ether oxygens (including phenoxy) is 1. The maximum atomic E-state index is 12.2. The van der Waals surface area contributed by atoms with Gasteiger partial charge in [-0.3, -0.25) is 9.59 Å². The predicted molar refractivity (Wildman–Crippen MR) is 79.8 cm³/mol. The molecule has 21 heavy (non-hydrogen) atoms. The van der Waals surface area contributed by atoms with Gasteiger partial charge in [0.25, 0.3) is 5.91 Å². The van der Waals surface area contributed by atoms with Crippen LogP contribution in [0.4, 0.5) is 5.69 Å². The summed E-state index contributed by atoms with van der Waals surface area (Å²) in [5.41, 5.74) is 6.26. The number of carbonyl (C=O) groups is 2. The molecule has 1 fully saturated rings. The van der Waals surface area contributed by atoms with Gasteiger partial charge in [-0.05, 0) is 18.6 Å². The lowest BCUT2D eigenvalue weighted by molar-refractivity contribution is -0.134. The van der Waals surface area contributed by atoms with Crippen LogP contribution in [0.15, 0.2) is 24.3 Å². The van der Waals surface area contributed by atoms with E-state index in [1.807, 2.05) is 0 Å². The smallest absolute Gasteiger partial charge is 0.260 e. The molecule has 0 spiro atoms. The lowest BCUT2D eigenvalue weighted by Gasteiger charge is -2.21. The van der Waals surface area contributed by atoms with Crippen LogP contribution in [0.3, 0.4) is 0 Å². The molecule has 6 heteroatoms. The molecule has 114 valence electrons. The summed E-state index contributed by atoms with van der Waals surface area (Å²) in [6.45, 7) is 4.04. The second kappa shape index (κ2) is 6.97. The van der Waals surface area contributed by atoms with E-state index >= 15 is 0 Å². The highest BCUT2D eigenvalue weighted by atomic mass is 16.5. The van der Waals surface area contributed by atoms with Gasteiger partial charge in [-0.2, -0.15) is 0 Å². The van der Waals surface area contributed by atoms with Crippen LogP contribution in [0.25, 0.3) is 0 Å². The summed E-state index contributed by atoms with van der Waals surface area (Å²) in [6.07, 6.45) is 0.795. The largest absolute Gasteiger partial charge is 0.484 e. The summed E-state index contributed by atoms with van der Waals surface area (Å²) in [5.74, 6) is 0.576. The molecule has 1 aromatic rings. The number of carbonyl (C=O) groups excluding carboxylic acids is 2. The lowest BCUT2D eigenvalue weighted by Crippen LogP contribution is -2.38. The summed E-state index contributed by atoms with van der Waals surface area (Å²) in [4.78, 5) is 27.0. The molecule has 0 atom stereocenters. The molecule has 2 N–H and O–H groups in total. The van der Waals surface area contributed by atoms with Gasteiger partial charge in [0.1, 0.15) is 5.75 Å². The Bertz CT molecular complexity index is 519. The molecule has 0 aliphatic carbocycles. The molecule has 1 aliphatic heterocycles. The summed E-state index contributed by atoms with van der Waals surface area (Å²) >= 11 is 0. The van der Waals surface area contributed by atoms with Crippen molar-refractivity contribution in [3.63, 3.8) is 0 Å². The van der Waals surface area contributed by atoms with Crippen LogP contribution in [0, 0.1) is 0 Å². The standard InChI is InChI=1S/C15H21N3O3/c1-12(19)17-6-3-7-18(9-8-17)15(20)11-21-14-5-2-4-13(16)10-14/h2,4-5,10H,3,6-9,11,16H2,1H3. The van der Waals surface area contributed by atoms with E-state index in [4.69, 9.17) is 10.5 Å². The Hall–Kier alpha value is -2.24. The molecular weight excluding hydrogens is 270 g/mol. The van der Waals surface area contributed by atoms with Crippen molar-refractivity contribution < 1.29 is 14.3 Å². The van der Waals surface area contributed by atoms with Gasteiger partial charge < -0.3 is 20.3 Å². The Kier molecular flexibility index (Phi) is 5.03. The third-order valence-corrected chi connectivity index (χ3v) is 3.51. The lowest BCUT2D eigenvalue weighted by atomic mass is 10.3. The molecule has 0 radical (unpaired) electrons. The van der Waals surface area contributed by atoms with Crippen molar-refractivity contribution in [3.8, 4) is 5.75 Å². The fourth-order valence-corrected chi connectivity index (χ4v) is 2.32. The number of nitrogens with two attached hydrogens (primary N) is 1. The number of nitrogens with zero attached hydrogens (tertiary/aromatic N) is 2. The first-order valence-electron chi connectivity index (χ1n) is 7.08. The maximum Gasteiger partial charge on any atom is 0.260 e. The van der Waals surface area contributed by atoms with Crippen molar-refractivity contribution in [1.29, 1.82) is 0 Å². The minimum absolute atomic E-state index is 0.0104. The van der Waals surface area contributed by atoms with Crippen molar-refractivity contribution in [2.75, 3.05) is 38.5 Å². The highest BCUT2D eigenvalue weighted by molar-refractivity contribution is 5.78. The average Bonchev–Trinajstić information content (AvgIpc) is 2.71. The summed E-state index contributed by atoms with van der Waals surface area (Å²) < 4.78 is 5.47. The minimum Gasteiger partial charge on any atom is -0.484 e. The number of anilines is 1. The first-order valence-corrected chi connectivity index (χ1v) is 7.08. The number of benzene rings is 1. The van der Waals surface area contributed by atoms with Crippen LogP contribution in [0.5, 0.6) is 5.75 Å². The number of amides is 2. The zero-order chi connectivity index (χ0) is 15.2. The zero-order valence-electron chi connectivity index (χ0n) is 12.2. The van der Waals surface area contributed by atoms with E-state index in [-0.39, 0.29) is 18.4 Å². The normalized spacial score (nSPS) is 15.5. The van der Waals surface area contributed by atoms with Crippen molar-refractivity contribution in [3.05, 3.63) is 24.3 Å². The minimum atomic E-state index is -0.0668. The molecule has 1 aliphatic rings. The van der Waals surface area contributed by atoms with Gasteiger partial charge in [0.15, 0.2) is 6.61 Å². The van der Waals surface area contributed by atoms with Crippen LogP contribution in [-0.4, -0.2) is 54.4 Å². The van der Waals surface area contributed by atoms with Gasteiger partial charge in [0, 0.05) is 44.9 Å². The predicted octanol–water partition coefficient (Wildman–Crippen LogP) is 0.728. The van der Waals surface area contributed by atoms with Crippen LogP contribution in [0.2, 0.25) is 0 Å². The van der Waals surface area contributed by atoms with E-state index < -0.39 is 0 Å². The zero-order valence-corrected chi connectivity index (χ0v) is 12.2. The summed E-state index contributed by atoms with van der Waals surface area (Å²) in [6, 6.07) is 7.00. The Balaban J connectivity index is 1.84. The quantitative estimate of drug-likeness (QED) is 0.833. The Labute approximate surface area is 124 Å². The number of hydrogen-bond donors (Lipinski definition) is 1. The van der Waals surface area contributed by atoms with E-state index in [0.717, 1.165) is 6.42 Å². The fourth-order valence-electron chi connectivity index (χ4n) is 2.32. The highest BCUT2D eigenvalue weighted by Gasteiger charge is 2.20. The van der Waals surface area contributed by atoms with Crippen LogP contribution in [-0.2, 0) is 9.59 Å². The first kappa shape index (κ1) is 15.2. The van der Waals surface area contributed by atoms with Gasteiger partial charge in [0.05, 0.1) is 0 Å². The summed E-state index contributed by atoms with van der Waals surface area (Å²) in [5, 5.41) is 0. The average molecular weight is 291 g/mol. The second-order valence-electron chi connectivity index (χ2n) is 5.10. The van der Waals surface area contributed by atoms with Gasteiger partial charge in [0.2, 0.25) is 5.91 Å². The van der Waals surface area contributed by atoms with Crippen molar-refractivity contribution in [2.24, 2.45) is 0 Å². The molecule has 1 aromatic carbocycles. The van der Waals surface area contributed by atoms with E-state index in [0.29, 0.717) is 37.6 Å². The fraction of sp³-hybridized carbons (Fsp3) is 0.467. The van der Waals surface area contributed by atoms with Gasteiger partial charge in [-0.15, -0.1) is 0 Å². The molecule has 1 saturated heterocycles. The topological polar surface area (TPSA) is 75.9 Å². The molecule has 1 heterocycles. The molecule has 2 rings (SSSR count). The Morgan fingerprint density at radius 1 is 1.19 bits per heavy atom. The van der Waals surface area contributed by atoms with Crippen molar-refractivity contribution in [1.82, 2.24) is 9.80 Å². The molecule has 2 amide bonds. The van der Waals surface area contributed by atoms with Gasteiger partial charge in [-0.25, -0.2) is 0 Å². The molecule has 6 nitrogen and oxygen atoms in total. The maximum absolute atomic E-state index is 12.2. The Morgan fingerprint density at radius 3 is 2.62 bits per heavy atom. The van der Waals surface area contributed by atoms with Gasteiger partial charge in [-0.1, -0.05) is 6.07 Å². The molecule has 0 saturated carbocycles. The van der Waals surface area contributed by atoms with Crippen molar-refractivity contribution in [2.45, 2.75) is 13.3 Å².